The number of ether oxygens (including phenoxy) is 2. The van der Waals surface area contributed by atoms with Crippen molar-refractivity contribution in [2.45, 2.75) is 31.4 Å². The molecule has 0 radical (unpaired) electrons. The highest BCUT2D eigenvalue weighted by molar-refractivity contribution is 5.83. The summed E-state index contributed by atoms with van der Waals surface area (Å²) in [4.78, 5) is 11.5. The molecule has 4 nitrogen and oxygen atoms in total. The average Bonchev–Trinajstić information content (AvgIpc) is 2.72. The van der Waals surface area contributed by atoms with Gasteiger partial charge in [-0.3, -0.25) is 4.79 Å². The van der Waals surface area contributed by atoms with Gasteiger partial charge in [0.2, 0.25) is 6.79 Å². The van der Waals surface area contributed by atoms with Crippen molar-refractivity contribution in [2.24, 2.45) is 0 Å². The molecule has 1 N–H and O–H groups in total. The van der Waals surface area contributed by atoms with Crippen molar-refractivity contribution < 1.29 is 23.8 Å². The number of alkyl halides is 1. The first-order valence-corrected chi connectivity index (χ1v) is 5.90. The van der Waals surface area contributed by atoms with Crippen LogP contribution in [0, 0.1) is 0 Å². The second kappa shape index (κ2) is 3.86. The van der Waals surface area contributed by atoms with Gasteiger partial charge >= 0.3 is 5.97 Å². The van der Waals surface area contributed by atoms with Crippen molar-refractivity contribution in [3.05, 3.63) is 23.3 Å². The van der Waals surface area contributed by atoms with E-state index in [1.54, 1.807) is 12.1 Å². The van der Waals surface area contributed by atoms with Crippen molar-refractivity contribution in [1.29, 1.82) is 0 Å². The van der Waals surface area contributed by atoms with E-state index in [4.69, 9.17) is 9.47 Å². The lowest BCUT2D eigenvalue weighted by molar-refractivity contribution is -0.147. The molecule has 0 spiro atoms. The zero-order chi connectivity index (χ0) is 12.8. The molecule has 1 aromatic carbocycles. The standard InChI is InChI=1S/C13H13FO4/c14-6-8-4-10-11(18-7-17-10)5-9(8)13(12(15)16)2-1-3-13/h4-5H,1-3,6-7H2,(H,15,16). The Morgan fingerprint density at radius 3 is 2.50 bits per heavy atom. The zero-order valence-electron chi connectivity index (χ0n) is 9.74. The van der Waals surface area contributed by atoms with Gasteiger partial charge in [0.25, 0.3) is 0 Å². The van der Waals surface area contributed by atoms with E-state index in [1.165, 1.54) is 0 Å². The number of carboxylic acids is 1. The number of benzene rings is 1. The van der Waals surface area contributed by atoms with Crippen LogP contribution in [0.4, 0.5) is 4.39 Å². The quantitative estimate of drug-likeness (QED) is 0.897. The molecule has 96 valence electrons. The van der Waals surface area contributed by atoms with E-state index in [0.717, 1.165) is 6.42 Å². The van der Waals surface area contributed by atoms with Crippen molar-refractivity contribution in [1.82, 2.24) is 0 Å². The maximum Gasteiger partial charge on any atom is 0.314 e. The SMILES string of the molecule is O=C(O)C1(c2cc3c(cc2CF)OCO3)CCC1. The van der Waals surface area contributed by atoms with E-state index in [9.17, 15) is 14.3 Å². The molecule has 0 aromatic heterocycles. The highest BCUT2D eigenvalue weighted by atomic mass is 19.1. The lowest BCUT2D eigenvalue weighted by atomic mass is 9.63. The summed E-state index contributed by atoms with van der Waals surface area (Å²) in [6, 6.07) is 3.19. The molecule has 0 atom stereocenters. The summed E-state index contributed by atoms with van der Waals surface area (Å²) < 4.78 is 23.5. The normalized spacial score (nSPS) is 19.4. The van der Waals surface area contributed by atoms with Gasteiger partial charge in [0.05, 0.1) is 5.41 Å². The van der Waals surface area contributed by atoms with Gasteiger partial charge < -0.3 is 14.6 Å². The summed E-state index contributed by atoms with van der Waals surface area (Å²) in [5.41, 5.74) is -0.0167. The van der Waals surface area contributed by atoms with Gasteiger partial charge in [-0.25, -0.2) is 4.39 Å². The number of hydrogen-bond donors (Lipinski definition) is 1. The highest BCUT2D eigenvalue weighted by Crippen LogP contribution is 2.48. The maximum atomic E-state index is 13.1. The molecule has 1 aliphatic carbocycles. The van der Waals surface area contributed by atoms with Crippen LogP contribution >= 0.6 is 0 Å². The Kier molecular flexibility index (Phi) is 2.43. The van der Waals surface area contributed by atoms with E-state index in [1.807, 2.05) is 0 Å². The third kappa shape index (κ3) is 1.39. The van der Waals surface area contributed by atoms with Crippen LogP contribution in [0.1, 0.15) is 30.4 Å². The van der Waals surface area contributed by atoms with Crippen LogP contribution in [0.25, 0.3) is 0 Å². The summed E-state index contributed by atoms with van der Waals surface area (Å²) in [5.74, 6) is 0.114. The third-order valence-electron chi connectivity index (χ3n) is 3.87. The number of rotatable bonds is 3. The van der Waals surface area contributed by atoms with E-state index < -0.39 is 18.1 Å². The predicted molar refractivity (Wildman–Crippen MR) is 60.5 cm³/mol. The molecule has 1 saturated carbocycles. The molecular weight excluding hydrogens is 239 g/mol. The molecule has 18 heavy (non-hydrogen) atoms. The van der Waals surface area contributed by atoms with E-state index in [-0.39, 0.29) is 6.79 Å². The van der Waals surface area contributed by atoms with Crippen LogP contribution in [-0.4, -0.2) is 17.9 Å². The van der Waals surface area contributed by atoms with Gasteiger partial charge in [0, 0.05) is 0 Å². The second-order valence-electron chi connectivity index (χ2n) is 4.74. The Labute approximate surface area is 103 Å². The molecule has 1 aliphatic heterocycles. The minimum Gasteiger partial charge on any atom is -0.481 e. The van der Waals surface area contributed by atoms with Crippen LogP contribution in [0.15, 0.2) is 12.1 Å². The minimum atomic E-state index is -0.942. The molecular formula is C13H13FO4. The molecule has 5 heteroatoms. The summed E-state index contributed by atoms with van der Waals surface area (Å²) in [7, 11) is 0. The fourth-order valence-electron chi connectivity index (χ4n) is 2.67. The number of carboxylic acid groups (broad SMARTS) is 1. The van der Waals surface area contributed by atoms with Crippen LogP contribution in [0.5, 0.6) is 11.5 Å². The maximum absolute atomic E-state index is 13.1. The minimum absolute atomic E-state index is 0.102. The second-order valence-corrected chi connectivity index (χ2v) is 4.74. The summed E-state index contributed by atoms with van der Waals surface area (Å²) in [6.45, 7) is -0.592. The number of halogens is 1. The summed E-state index contributed by atoms with van der Waals surface area (Å²) >= 11 is 0. The van der Waals surface area contributed by atoms with Gasteiger partial charge in [0.1, 0.15) is 6.67 Å². The fourth-order valence-corrected chi connectivity index (χ4v) is 2.67. The van der Waals surface area contributed by atoms with Crippen molar-refractivity contribution in [3.8, 4) is 11.5 Å². The molecule has 2 aliphatic rings. The van der Waals surface area contributed by atoms with Crippen LogP contribution in [-0.2, 0) is 16.9 Å². The number of fused-ring (bicyclic) bond motifs is 1. The first-order valence-electron chi connectivity index (χ1n) is 5.90. The molecule has 1 heterocycles. The smallest absolute Gasteiger partial charge is 0.314 e. The molecule has 1 fully saturated rings. The van der Waals surface area contributed by atoms with E-state index in [0.29, 0.717) is 35.5 Å². The average molecular weight is 252 g/mol. The number of aliphatic carboxylic acids is 1. The van der Waals surface area contributed by atoms with E-state index >= 15 is 0 Å². The lowest BCUT2D eigenvalue weighted by Crippen LogP contribution is -2.43. The Bertz CT molecular complexity index is 508. The number of hydrogen-bond acceptors (Lipinski definition) is 3. The van der Waals surface area contributed by atoms with Crippen molar-refractivity contribution in [2.75, 3.05) is 6.79 Å². The lowest BCUT2D eigenvalue weighted by Gasteiger charge is -2.39. The predicted octanol–water partition coefficient (Wildman–Crippen LogP) is 2.39. The van der Waals surface area contributed by atoms with Gasteiger partial charge in [-0.05, 0) is 36.1 Å². The summed E-state index contributed by atoms with van der Waals surface area (Å²) in [6.07, 6.45) is 1.95. The first-order chi connectivity index (χ1) is 8.67. The third-order valence-corrected chi connectivity index (χ3v) is 3.87. The van der Waals surface area contributed by atoms with Crippen LogP contribution < -0.4 is 9.47 Å². The van der Waals surface area contributed by atoms with Gasteiger partial charge in [-0.2, -0.15) is 0 Å². The molecule has 3 rings (SSSR count). The van der Waals surface area contributed by atoms with Crippen molar-refractivity contribution in [3.63, 3.8) is 0 Å². The van der Waals surface area contributed by atoms with Crippen LogP contribution in [0.3, 0.4) is 0 Å². The Morgan fingerprint density at radius 1 is 1.33 bits per heavy atom. The van der Waals surface area contributed by atoms with Gasteiger partial charge in [-0.1, -0.05) is 6.42 Å². The molecule has 0 bridgehead atoms. The topological polar surface area (TPSA) is 55.8 Å². The first kappa shape index (κ1) is 11.3. The Morgan fingerprint density at radius 2 is 2.00 bits per heavy atom. The molecule has 0 unspecified atom stereocenters. The van der Waals surface area contributed by atoms with Gasteiger partial charge in [-0.15, -0.1) is 0 Å². The fraction of sp³-hybridized carbons (Fsp3) is 0.462. The monoisotopic (exact) mass is 252 g/mol. The molecule has 0 amide bonds. The Balaban J connectivity index is 2.13. The summed E-state index contributed by atoms with van der Waals surface area (Å²) in [5, 5.41) is 9.41. The largest absolute Gasteiger partial charge is 0.481 e. The molecule has 0 saturated heterocycles. The van der Waals surface area contributed by atoms with E-state index in [2.05, 4.69) is 0 Å². The van der Waals surface area contributed by atoms with Crippen molar-refractivity contribution >= 4 is 5.97 Å². The van der Waals surface area contributed by atoms with Gasteiger partial charge in [0.15, 0.2) is 11.5 Å². The zero-order valence-corrected chi connectivity index (χ0v) is 9.74. The molecule has 1 aromatic rings. The van der Waals surface area contributed by atoms with Crippen LogP contribution in [0.2, 0.25) is 0 Å². The Hall–Kier alpha value is -1.78. The number of carbonyl (C=O) groups is 1. The highest BCUT2D eigenvalue weighted by Gasteiger charge is 2.47.